The lowest BCUT2D eigenvalue weighted by molar-refractivity contribution is 0.121. The van der Waals surface area contributed by atoms with Crippen LogP contribution in [0.4, 0.5) is 5.82 Å². The zero-order valence-corrected chi connectivity index (χ0v) is 16.2. The summed E-state index contributed by atoms with van der Waals surface area (Å²) in [6.45, 7) is 3.89. The number of rotatable bonds is 4. The molecular formula is C18H24N4O4S. The minimum Gasteiger partial charge on any atom is -0.474 e. The van der Waals surface area contributed by atoms with E-state index in [4.69, 9.17) is 14.5 Å². The predicted octanol–water partition coefficient (Wildman–Crippen LogP) is 1.27. The van der Waals surface area contributed by atoms with Gasteiger partial charge in [0.1, 0.15) is 11.9 Å². The summed E-state index contributed by atoms with van der Waals surface area (Å²) >= 11 is 0. The van der Waals surface area contributed by atoms with E-state index in [0.717, 1.165) is 29.8 Å². The van der Waals surface area contributed by atoms with E-state index in [1.165, 1.54) is 10.6 Å². The van der Waals surface area contributed by atoms with Gasteiger partial charge in [0.25, 0.3) is 0 Å². The normalized spacial score (nSPS) is 20.1. The van der Waals surface area contributed by atoms with Gasteiger partial charge in [0.15, 0.2) is 0 Å². The van der Waals surface area contributed by atoms with Crippen LogP contribution in [0.5, 0.6) is 5.88 Å². The second kappa shape index (κ2) is 7.57. The molecule has 146 valence electrons. The third kappa shape index (κ3) is 4.15. The molecule has 0 N–H and O–H groups in total. The number of morpholine rings is 1. The van der Waals surface area contributed by atoms with Gasteiger partial charge in [-0.1, -0.05) is 0 Å². The number of sulfonamides is 1. The van der Waals surface area contributed by atoms with E-state index in [1.54, 1.807) is 6.20 Å². The first-order valence-electron chi connectivity index (χ1n) is 9.21. The third-order valence-electron chi connectivity index (χ3n) is 5.03. The summed E-state index contributed by atoms with van der Waals surface area (Å²) in [5.41, 5.74) is 0.845. The quantitative estimate of drug-likeness (QED) is 0.775. The molecule has 0 unspecified atom stereocenters. The van der Waals surface area contributed by atoms with E-state index in [-0.39, 0.29) is 6.10 Å². The number of pyridine rings is 2. The molecule has 2 aliphatic rings. The number of fused-ring (bicyclic) bond motifs is 1. The second-order valence-electron chi connectivity index (χ2n) is 6.93. The van der Waals surface area contributed by atoms with E-state index < -0.39 is 10.0 Å². The average Bonchev–Trinajstić information content (AvgIpc) is 2.68. The van der Waals surface area contributed by atoms with Crippen LogP contribution in [-0.2, 0) is 14.8 Å². The highest BCUT2D eigenvalue weighted by Gasteiger charge is 2.27. The van der Waals surface area contributed by atoms with Crippen LogP contribution in [0.3, 0.4) is 0 Å². The molecule has 0 aromatic carbocycles. The predicted molar refractivity (Wildman–Crippen MR) is 103 cm³/mol. The number of piperidine rings is 1. The first-order chi connectivity index (χ1) is 13.0. The molecule has 2 aromatic heterocycles. The summed E-state index contributed by atoms with van der Waals surface area (Å²) in [6, 6.07) is 5.82. The van der Waals surface area contributed by atoms with E-state index in [0.29, 0.717) is 45.0 Å². The fourth-order valence-electron chi connectivity index (χ4n) is 3.52. The lowest BCUT2D eigenvalue weighted by Gasteiger charge is -2.31. The van der Waals surface area contributed by atoms with Crippen molar-refractivity contribution in [3.05, 3.63) is 24.4 Å². The van der Waals surface area contributed by atoms with E-state index in [1.807, 2.05) is 18.2 Å². The fourth-order valence-corrected chi connectivity index (χ4v) is 4.39. The smallest absolute Gasteiger partial charge is 0.225 e. The molecule has 0 amide bonds. The highest BCUT2D eigenvalue weighted by atomic mass is 32.2. The van der Waals surface area contributed by atoms with Crippen molar-refractivity contribution < 1.29 is 17.9 Å². The molecule has 0 saturated carbocycles. The van der Waals surface area contributed by atoms with Crippen molar-refractivity contribution in [3.8, 4) is 5.88 Å². The number of hydrogen-bond acceptors (Lipinski definition) is 7. The molecule has 2 aliphatic heterocycles. The topological polar surface area (TPSA) is 84.9 Å². The zero-order chi connectivity index (χ0) is 18.9. The molecule has 9 heteroatoms. The number of aromatic nitrogens is 2. The molecule has 27 heavy (non-hydrogen) atoms. The first-order valence-corrected chi connectivity index (χ1v) is 11.1. The van der Waals surface area contributed by atoms with Crippen LogP contribution in [0.1, 0.15) is 12.8 Å². The van der Waals surface area contributed by atoms with E-state index >= 15 is 0 Å². The fraction of sp³-hybridized carbons (Fsp3) is 0.556. The molecule has 0 radical (unpaired) electrons. The van der Waals surface area contributed by atoms with Crippen molar-refractivity contribution in [3.63, 3.8) is 0 Å². The van der Waals surface area contributed by atoms with Crippen molar-refractivity contribution in [1.82, 2.24) is 14.3 Å². The van der Waals surface area contributed by atoms with Gasteiger partial charge >= 0.3 is 0 Å². The molecule has 2 fully saturated rings. The summed E-state index contributed by atoms with van der Waals surface area (Å²) in [5, 5.41) is 0.875. The van der Waals surface area contributed by atoms with Crippen LogP contribution >= 0.6 is 0 Å². The van der Waals surface area contributed by atoms with Crippen LogP contribution in [0, 0.1) is 0 Å². The van der Waals surface area contributed by atoms with Gasteiger partial charge < -0.3 is 14.4 Å². The maximum atomic E-state index is 11.7. The molecule has 0 spiro atoms. The standard InChI is InChI=1S/C18H24N4O4S/c1-27(23,24)22-7-4-14(5-8-22)26-18-15-3-2-6-19-16(15)13-17(20-18)21-9-11-25-12-10-21/h2-3,6,13-14H,4-5,7-12H2,1H3. The van der Waals surface area contributed by atoms with Crippen molar-refractivity contribution in [2.24, 2.45) is 0 Å². The van der Waals surface area contributed by atoms with Crippen LogP contribution in [0.25, 0.3) is 10.9 Å². The van der Waals surface area contributed by atoms with Crippen molar-refractivity contribution in [2.45, 2.75) is 18.9 Å². The largest absolute Gasteiger partial charge is 0.474 e. The Morgan fingerprint density at radius 1 is 1.19 bits per heavy atom. The Morgan fingerprint density at radius 2 is 1.93 bits per heavy atom. The Morgan fingerprint density at radius 3 is 2.63 bits per heavy atom. The van der Waals surface area contributed by atoms with E-state index in [9.17, 15) is 8.42 Å². The number of nitrogens with zero attached hydrogens (tertiary/aromatic N) is 4. The SMILES string of the molecule is CS(=O)(=O)N1CCC(Oc2nc(N3CCOCC3)cc3ncccc23)CC1. The Kier molecular flexibility index (Phi) is 5.16. The molecule has 0 aliphatic carbocycles. The van der Waals surface area contributed by atoms with Crippen LogP contribution in [0.15, 0.2) is 24.4 Å². The molecule has 0 atom stereocenters. The van der Waals surface area contributed by atoms with Crippen molar-refractivity contribution >= 4 is 26.7 Å². The van der Waals surface area contributed by atoms with Crippen LogP contribution in [0.2, 0.25) is 0 Å². The highest BCUT2D eigenvalue weighted by molar-refractivity contribution is 7.88. The zero-order valence-electron chi connectivity index (χ0n) is 15.4. The molecule has 2 saturated heterocycles. The number of ether oxygens (including phenoxy) is 2. The number of hydrogen-bond donors (Lipinski definition) is 0. The molecular weight excluding hydrogens is 368 g/mol. The van der Waals surface area contributed by atoms with Crippen molar-refractivity contribution in [1.29, 1.82) is 0 Å². The Bertz CT molecular complexity index is 907. The van der Waals surface area contributed by atoms with E-state index in [2.05, 4.69) is 9.88 Å². The maximum absolute atomic E-state index is 11.7. The summed E-state index contributed by atoms with van der Waals surface area (Å²) < 4.78 is 36.6. The minimum absolute atomic E-state index is 0.0566. The van der Waals surface area contributed by atoms with Gasteiger partial charge in [-0.15, -0.1) is 0 Å². The highest BCUT2D eigenvalue weighted by Crippen LogP contribution is 2.29. The summed E-state index contributed by atoms with van der Waals surface area (Å²) in [4.78, 5) is 11.4. The van der Waals surface area contributed by atoms with Gasteiger partial charge in [-0.2, -0.15) is 4.98 Å². The maximum Gasteiger partial charge on any atom is 0.225 e. The third-order valence-corrected chi connectivity index (χ3v) is 6.34. The molecule has 4 heterocycles. The van der Waals surface area contributed by atoms with Crippen molar-refractivity contribution in [2.75, 3.05) is 50.5 Å². The van der Waals surface area contributed by atoms with Gasteiger partial charge in [-0.25, -0.2) is 12.7 Å². The summed E-state index contributed by atoms with van der Waals surface area (Å²) in [6.07, 6.45) is 4.26. The van der Waals surface area contributed by atoms with Crippen LogP contribution < -0.4 is 9.64 Å². The monoisotopic (exact) mass is 392 g/mol. The first kappa shape index (κ1) is 18.4. The molecule has 2 aromatic rings. The summed E-state index contributed by atoms with van der Waals surface area (Å²) in [5.74, 6) is 1.41. The van der Waals surface area contributed by atoms with Gasteiger partial charge in [0, 0.05) is 38.4 Å². The van der Waals surface area contributed by atoms with Gasteiger partial charge in [-0.05, 0) is 25.0 Å². The lowest BCUT2D eigenvalue weighted by atomic mass is 10.1. The molecule has 0 bridgehead atoms. The van der Waals surface area contributed by atoms with Gasteiger partial charge in [-0.3, -0.25) is 4.98 Å². The Labute approximate surface area is 159 Å². The number of anilines is 1. The minimum atomic E-state index is -3.14. The summed E-state index contributed by atoms with van der Waals surface area (Å²) in [7, 11) is -3.14. The van der Waals surface area contributed by atoms with Gasteiger partial charge in [0.2, 0.25) is 15.9 Å². The Hall–Kier alpha value is -1.97. The molecule has 4 rings (SSSR count). The average molecular weight is 392 g/mol. The lowest BCUT2D eigenvalue weighted by Crippen LogP contribution is -2.41. The second-order valence-corrected chi connectivity index (χ2v) is 8.92. The molecule has 8 nitrogen and oxygen atoms in total. The van der Waals surface area contributed by atoms with Gasteiger partial charge in [0.05, 0.1) is 30.4 Å². The Balaban J connectivity index is 1.57. The van der Waals surface area contributed by atoms with Crippen LogP contribution in [-0.4, -0.2) is 74.4 Å².